The molecular formula is C21H22N2O2S3. The zero-order chi connectivity index (χ0) is 19.8. The summed E-state index contributed by atoms with van der Waals surface area (Å²) >= 11 is 4.34. The molecule has 0 bridgehead atoms. The fraction of sp³-hybridized carbons (Fsp3) is 0.286. The van der Waals surface area contributed by atoms with Crippen molar-refractivity contribution in [1.29, 1.82) is 0 Å². The van der Waals surface area contributed by atoms with Crippen LogP contribution in [0.4, 0.5) is 5.69 Å². The Kier molecular flexibility index (Phi) is 7.82. The number of aromatic nitrogens is 1. The van der Waals surface area contributed by atoms with Crippen molar-refractivity contribution in [1.82, 2.24) is 4.98 Å². The van der Waals surface area contributed by atoms with Gasteiger partial charge in [-0.25, -0.2) is 4.98 Å². The number of rotatable bonds is 10. The Bertz CT molecular complexity index is 902. The lowest BCUT2D eigenvalue weighted by Gasteiger charge is -2.05. The number of benzene rings is 1. The zero-order valence-corrected chi connectivity index (χ0v) is 18.1. The Hall–Kier alpha value is -1.96. The van der Waals surface area contributed by atoms with Gasteiger partial charge in [-0.05, 0) is 42.0 Å². The number of anilines is 1. The summed E-state index contributed by atoms with van der Waals surface area (Å²) in [6, 6.07) is 11.7. The molecule has 4 nitrogen and oxygen atoms in total. The standard InChI is InChI=1S/C21H22N2O2S3/c1-2-3-5-15-7-9-16(10-8-15)22-20(25)12-17-13-27-21(23-17)28-14-18(24)19-6-4-11-26-19/h4,6-11,13H,2-3,5,12,14H2,1H3,(H,22,25). The summed E-state index contributed by atoms with van der Waals surface area (Å²) in [5.41, 5.74) is 2.82. The highest BCUT2D eigenvalue weighted by atomic mass is 32.2. The smallest absolute Gasteiger partial charge is 0.230 e. The Balaban J connectivity index is 1.46. The summed E-state index contributed by atoms with van der Waals surface area (Å²) in [7, 11) is 0. The molecule has 3 aromatic rings. The molecule has 0 spiro atoms. The van der Waals surface area contributed by atoms with E-state index in [0.717, 1.165) is 27.0 Å². The molecule has 1 N–H and O–H groups in total. The second-order valence-corrected chi connectivity index (χ2v) is 9.35. The predicted octanol–water partition coefficient (Wildman–Crippen LogP) is 5.70. The van der Waals surface area contributed by atoms with Crippen molar-refractivity contribution < 1.29 is 9.59 Å². The monoisotopic (exact) mass is 430 g/mol. The maximum Gasteiger partial charge on any atom is 0.230 e. The van der Waals surface area contributed by atoms with Crippen molar-refractivity contribution in [2.45, 2.75) is 36.9 Å². The number of thiophene rings is 1. The van der Waals surface area contributed by atoms with Crippen LogP contribution in [0.2, 0.25) is 0 Å². The van der Waals surface area contributed by atoms with Crippen molar-refractivity contribution in [2.75, 3.05) is 11.1 Å². The number of carbonyl (C=O) groups is 2. The van der Waals surface area contributed by atoms with Gasteiger partial charge < -0.3 is 5.32 Å². The van der Waals surface area contributed by atoms with Gasteiger partial charge in [-0.2, -0.15) is 0 Å². The van der Waals surface area contributed by atoms with E-state index in [0.29, 0.717) is 5.75 Å². The number of thioether (sulfide) groups is 1. The van der Waals surface area contributed by atoms with Gasteiger partial charge in [-0.1, -0.05) is 43.3 Å². The lowest BCUT2D eigenvalue weighted by molar-refractivity contribution is -0.115. The number of hydrogen-bond donors (Lipinski definition) is 1. The molecule has 0 atom stereocenters. The minimum atomic E-state index is -0.0854. The van der Waals surface area contributed by atoms with E-state index in [-0.39, 0.29) is 18.1 Å². The molecular weight excluding hydrogens is 408 g/mol. The number of nitrogens with one attached hydrogen (secondary N) is 1. The molecule has 1 amide bonds. The van der Waals surface area contributed by atoms with Crippen LogP contribution in [-0.2, 0) is 17.6 Å². The maximum atomic E-state index is 12.3. The van der Waals surface area contributed by atoms with E-state index in [1.54, 1.807) is 0 Å². The number of thiazole rings is 1. The molecule has 28 heavy (non-hydrogen) atoms. The van der Waals surface area contributed by atoms with Crippen LogP contribution in [0.15, 0.2) is 51.5 Å². The first-order valence-electron chi connectivity index (χ1n) is 9.16. The van der Waals surface area contributed by atoms with Crippen LogP contribution in [0.25, 0.3) is 0 Å². The summed E-state index contributed by atoms with van der Waals surface area (Å²) in [5.74, 6) is 0.388. The van der Waals surface area contributed by atoms with Crippen molar-refractivity contribution in [3.05, 3.63) is 63.3 Å². The number of Topliss-reactive ketones (excluding diaryl/α,β-unsaturated/α-hetero) is 1. The number of hydrogen-bond acceptors (Lipinski definition) is 6. The third kappa shape index (κ3) is 6.29. The van der Waals surface area contributed by atoms with Crippen LogP contribution in [0.1, 0.15) is 40.7 Å². The van der Waals surface area contributed by atoms with Crippen LogP contribution in [-0.4, -0.2) is 22.4 Å². The van der Waals surface area contributed by atoms with Gasteiger partial charge in [-0.3, -0.25) is 9.59 Å². The topological polar surface area (TPSA) is 59.1 Å². The molecule has 1 aromatic carbocycles. The molecule has 2 aromatic heterocycles. The van der Waals surface area contributed by atoms with E-state index in [9.17, 15) is 9.59 Å². The van der Waals surface area contributed by atoms with E-state index >= 15 is 0 Å². The zero-order valence-electron chi connectivity index (χ0n) is 15.6. The Labute approximate surface area is 177 Å². The minimum absolute atomic E-state index is 0.0854. The molecule has 0 saturated heterocycles. The lowest BCUT2D eigenvalue weighted by Crippen LogP contribution is -2.14. The molecule has 0 aliphatic carbocycles. The van der Waals surface area contributed by atoms with Crippen molar-refractivity contribution in [2.24, 2.45) is 0 Å². The highest BCUT2D eigenvalue weighted by molar-refractivity contribution is 8.01. The first-order chi connectivity index (χ1) is 13.6. The fourth-order valence-corrected chi connectivity index (χ4v) is 5.06. The van der Waals surface area contributed by atoms with E-state index in [1.807, 2.05) is 35.0 Å². The Morgan fingerprint density at radius 3 is 2.68 bits per heavy atom. The first kappa shape index (κ1) is 20.8. The van der Waals surface area contributed by atoms with Crippen LogP contribution in [0.5, 0.6) is 0 Å². The molecule has 0 unspecified atom stereocenters. The second kappa shape index (κ2) is 10.5. The van der Waals surface area contributed by atoms with Gasteiger partial charge in [0.05, 0.1) is 22.7 Å². The summed E-state index contributed by atoms with van der Waals surface area (Å²) < 4.78 is 0.813. The number of nitrogens with zero attached hydrogens (tertiary/aromatic N) is 1. The van der Waals surface area contributed by atoms with Gasteiger partial charge in [0.1, 0.15) is 0 Å². The number of aryl methyl sites for hydroxylation is 1. The van der Waals surface area contributed by atoms with Crippen LogP contribution >= 0.6 is 34.4 Å². The van der Waals surface area contributed by atoms with Crippen LogP contribution in [0, 0.1) is 0 Å². The first-order valence-corrected chi connectivity index (χ1v) is 11.9. The number of carbonyl (C=O) groups excluding carboxylic acids is 2. The minimum Gasteiger partial charge on any atom is -0.326 e. The fourth-order valence-electron chi connectivity index (χ4n) is 2.58. The van der Waals surface area contributed by atoms with Gasteiger partial charge in [0.2, 0.25) is 5.91 Å². The average Bonchev–Trinajstić information content (AvgIpc) is 3.38. The molecule has 7 heteroatoms. The third-order valence-electron chi connectivity index (χ3n) is 4.05. The predicted molar refractivity (Wildman–Crippen MR) is 119 cm³/mol. The van der Waals surface area contributed by atoms with Crippen LogP contribution in [0.3, 0.4) is 0 Å². The van der Waals surface area contributed by atoms with Crippen LogP contribution < -0.4 is 5.32 Å². The number of ketones is 1. The maximum absolute atomic E-state index is 12.3. The third-order valence-corrected chi connectivity index (χ3v) is 7.03. The summed E-state index contributed by atoms with van der Waals surface area (Å²) in [6.45, 7) is 2.18. The van der Waals surface area contributed by atoms with Gasteiger partial charge in [-0.15, -0.1) is 22.7 Å². The van der Waals surface area contributed by atoms with E-state index < -0.39 is 0 Å². The highest BCUT2D eigenvalue weighted by Crippen LogP contribution is 2.24. The molecule has 0 radical (unpaired) electrons. The molecule has 0 fully saturated rings. The van der Waals surface area contributed by atoms with E-state index in [4.69, 9.17) is 0 Å². The largest absolute Gasteiger partial charge is 0.326 e. The number of amides is 1. The van der Waals surface area contributed by atoms with E-state index in [1.165, 1.54) is 52.8 Å². The normalized spacial score (nSPS) is 10.8. The lowest BCUT2D eigenvalue weighted by atomic mass is 10.1. The molecule has 0 aliphatic rings. The van der Waals surface area contributed by atoms with Gasteiger partial charge >= 0.3 is 0 Å². The van der Waals surface area contributed by atoms with Gasteiger partial charge in [0, 0.05) is 11.1 Å². The Morgan fingerprint density at radius 1 is 1.14 bits per heavy atom. The van der Waals surface area contributed by atoms with Crippen molar-refractivity contribution in [3.8, 4) is 0 Å². The number of unbranched alkanes of at least 4 members (excludes halogenated alkanes) is 1. The Morgan fingerprint density at radius 2 is 1.96 bits per heavy atom. The highest BCUT2D eigenvalue weighted by Gasteiger charge is 2.12. The average molecular weight is 431 g/mol. The summed E-state index contributed by atoms with van der Waals surface area (Å²) in [4.78, 5) is 29.5. The van der Waals surface area contributed by atoms with Gasteiger partial charge in [0.25, 0.3) is 0 Å². The van der Waals surface area contributed by atoms with Crippen molar-refractivity contribution >= 4 is 51.8 Å². The molecule has 0 aliphatic heterocycles. The molecule has 0 saturated carbocycles. The second-order valence-electron chi connectivity index (χ2n) is 6.32. The molecule has 146 valence electrons. The molecule has 2 heterocycles. The van der Waals surface area contributed by atoms with Gasteiger partial charge in [0.15, 0.2) is 10.1 Å². The van der Waals surface area contributed by atoms with E-state index in [2.05, 4.69) is 29.4 Å². The SMILES string of the molecule is CCCCc1ccc(NC(=O)Cc2csc(SCC(=O)c3cccs3)n2)cc1. The summed E-state index contributed by atoms with van der Waals surface area (Å²) in [5, 5.41) is 6.70. The molecule has 3 rings (SSSR count). The summed E-state index contributed by atoms with van der Waals surface area (Å²) in [6.07, 6.45) is 3.65. The van der Waals surface area contributed by atoms with Crippen molar-refractivity contribution in [3.63, 3.8) is 0 Å². The quantitative estimate of drug-likeness (QED) is 0.331.